The molecule has 0 aliphatic heterocycles. The van der Waals surface area contributed by atoms with Crippen LogP contribution in [0.3, 0.4) is 0 Å². The van der Waals surface area contributed by atoms with Crippen molar-refractivity contribution in [1.29, 1.82) is 0 Å². The Labute approximate surface area is 197 Å². The van der Waals surface area contributed by atoms with Gasteiger partial charge in [0.2, 0.25) is 5.91 Å². The molecule has 0 fully saturated rings. The number of methoxy groups -OCH3 is 1. The summed E-state index contributed by atoms with van der Waals surface area (Å²) < 4.78 is 43.7. The van der Waals surface area contributed by atoms with E-state index in [-0.39, 0.29) is 39.0 Å². The van der Waals surface area contributed by atoms with E-state index < -0.39 is 23.6 Å². The standard InChI is InChI=1S/C24H21F3N2O4S/c1-14-19(23(32)33-2)22(29-18(30)12-11-15-7-4-3-5-8-15)34-20(14)21(31)28-17-10-6-9-16(13-17)24(25,26)27/h3-10,13H,11-12H2,1-2H3,(H,28,31)(H,29,30). The molecule has 0 aliphatic carbocycles. The summed E-state index contributed by atoms with van der Waals surface area (Å²) in [5.74, 6) is -1.82. The molecule has 1 aromatic heterocycles. The van der Waals surface area contributed by atoms with E-state index in [0.29, 0.717) is 6.42 Å². The van der Waals surface area contributed by atoms with Crippen LogP contribution in [0.15, 0.2) is 54.6 Å². The van der Waals surface area contributed by atoms with Crippen LogP contribution in [0, 0.1) is 6.92 Å². The molecule has 0 bridgehead atoms. The first-order chi connectivity index (χ1) is 16.1. The molecular formula is C24H21F3N2O4S. The molecule has 2 aromatic carbocycles. The highest BCUT2D eigenvalue weighted by atomic mass is 32.1. The lowest BCUT2D eigenvalue weighted by atomic mass is 10.1. The smallest absolute Gasteiger partial charge is 0.416 e. The third-order valence-electron chi connectivity index (χ3n) is 4.93. The first-order valence-corrected chi connectivity index (χ1v) is 11.0. The molecule has 3 aromatic rings. The van der Waals surface area contributed by atoms with Gasteiger partial charge in [-0.15, -0.1) is 11.3 Å². The van der Waals surface area contributed by atoms with Crippen molar-refractivity contribution in [2.24, 2.45) is 0 Å². The number of esters is 1. The zero-order valence-electron chi connectivity index (χ0n) is 18.3. The SMILES string of the molecule is COC(=O)c1c(NC(=O)CCc2ccccc2)sc(C(=O)Nc2cccc(C(F)(F)F)c2)c1C. The minimum absolute atomic E-state index is 0.0229. The number of alkyl halides is 3. The van der Waals surface area contributed by atoms with Crippen molar-refractivity contribution in [1.82, 2.24) is 0 Å². The number of rotatable bonds is 7. The third kappa shape index (κ3) is 6.02. The van der Waals surface area contributed by atoms with Gasteiger partial charge in [-0.1, -0.05) is 36.4 Å². The Morgan fingerprint density at radius 3 is 2.35 bits per heavy atom. The third-order valence-corrected chi connectivity index (χ3v) is 6.13. The van der Waals surface area contributed by atoms with Gasteiger partial charge in [-0.3, -0.25) is 9.59 Å². The van der Waals surface area contributed by atoms with E-state index in [0.717, 1.165) is 29.0 Å². The van der Waals surface area contributed by atoms with E-state index in [2.05, 4.69) is 10.6 Å². The van der Waals surface area contributed by atoms with Gasteiger partial charge in [0, 0.05) is 12.1 Å². The summed E-state index contributed by atoms with van der Waals surface area (Å²) in [7, 11) is 1.17. The van der Waals surface area contributed by atoms with Crippen molar-refractivity contribution in [3.05, 3.63) is 81.7 Å². The number of ether oxygens (including phenoxy) is 1. The maximum atomic E-state index is 13.0. The second-order valence-electron chi connectivity index (χ2n) is 7.32. The van der Waals surface area contributed by atoms with Gasteiger partial charge in [-0.2, -0.15) is 13.2 Å². The molecule has 0 radical (unpaired) electrons. The Hall–Kier alpha value is -3.66. The number of carbonyl (C=O) groups is 3. The molecule has 0 saturated heterocycles. The van der Waals surface area contributed by atoms with E-state index in [1.54, 1.807) is 0 Å². The molecule has 0 aliphatic rings. The Bertz CT molecular complexity index is 1210. The van der Waals surface area contributed by atoms with E-state index in [4.69, 9.17) is 4.74 Å². The van der Waals surface area contributed by atoms with Gasteiger partial charge in [0.25, 0.3) is 5.91 Å². The number of amides is 2. The summed E-state index contributed by atoms with van der Waals surface area (Å²) in [5.41, 5.74) is 0.277. The fourth-order valence-corrected chi connectivity index (χ4v) is 4.33. The molecule has 0 spiro atoms. The predicted molar refractivity (Wildman–Crippen MR) is 123 cm³/mol. The lowest BCUT2D eigenvalue weighted by Gasteiger charge is -2.09. The maximum absolute atomic E-state index is 13.0. The number of aryl methyl sites for hydroxylation is 1. The molecule has 0 unspecified atom stereocenters. The molecular weight excluding hydrogens is 469 g/mol. The summed E-state index contributed by atoms with van der Waals surface area (Å²) in [5, 5.41) is 5.21. The minimum Gasteiger partial charge on any atom is -0.465 e. The van der Waals surface area contributed by atoms with Crippen LogP contribution in [0.5, 0.6) is 0 Å². The molecule has 1 heterocycles. The van der Waals surface area contributed by atoms with Crippen LogP contribution in [-0.2, 0) is 22.1 Å². The van der Waals surface area contributed by atoms with Gasteiger partial charge in [-0.05, 0) is 42.7 Å². The van der Waals surface area contributed by atoms with Gasteiger partial charge in [0.1, 0.15) is 5.00 Å². The second kappa shape index (κ2) is 10.5. The quantitative estimate of drug-likeness (QED) is 0.417. The molecule has 0 atom stereocenters. The van der Waals surface area contributed by atoms with Gasteiger partial charge in [0.15, 0.2) is 0 Å². The Morgan fingerprint density at radius 2 is 1.71 bits per heavy atom. The predicted octanol–water partition coefficient (Wildman–Crippen LogP) is 5.69. The molecule has 0 saturated carbocycles. The van der Waals surface area contributed by atoms with Gasteiger partial charge < -0.3 is 15.4 Å². The van der Waals surface area contributed by atoms with E-state index >= 15 is 0 Å². The topological polar surface area (TPSA) is 84.5 Å². The summed E-state index contributed by atoms with van der Waals surface area (Å²) in [6.45, 7) is 1.50. The van der Waals surface area contributed by atoms with E-state index in [9.17, 15) is 27.6 Å². The lowest BCUT2D eigenvalue weighted by molar-refractivity contribution is -0.137. The fourth-order valence-electron chi connectivity index (χ4n) is 3.22. The first-order valence-electron chi connectivity index (χ1n) is 10.1. The van der Waals surface area contributed by atoms with Crippen molar-refractivity contribution in [3.8, 4) is 0 Å². The zero-order valence-corrected chi connectivity index (χ0v) is 19.1. The van der Waals surface area contributed by atoms with E-state index in [1.165, 1.54) is 26.2 Å². The largest absolute Gasteiger partial charge is 0.465 e. The molecule has 2 amide bonds. The van der Waals surface area contributed by atoms with Crippen LogP contribution in [-0.4, -0.2) is 24.9 Å². The minimum atomic E-state index is -4.56. The number of nitrogens with one attached hydrogen (secondary N) is 2. The molecule has 2 N–H and O–H groups in total. The highest BCUT2D eigenvalue weighted by molar-refractivity contribution is 7.18. The average molecular weight is 491 g/mol. The van der Waals surface area contributed by atoms with Crippen molar-refractivity contribution >= 4 is 39.8 Å². The Kier molecular flexibility index (Phi) is 7.72. The second-order valence-corrected chi connectivity index (χ2v) is 8.34. The van der Waals surface area contributed by atoms with Crippen molar-refractivity contribution in [2.75, 3.05) is 17.7 Å². The zero-order chi connectivity index (χ0) is 24.9. The van der Waals surface area contributed by atoms with Crippen LogP contribution in [0.4, 0.5) is 23.9 Å². The number of hydrogen-bond donors (Lipinski definition) is 2. The van der Waals surface area contributed by atoms with Crippen LogP contribution < -0.4 is 10.6 Å². The van der Waals surface area contributed by atoms with Gasteiger partial charge in [-0.25, -0.2) is 4.79 Å². The molecule has 34 heavy (non-hydrogen) atoms. The average Bonchev–Trinajstić information content (AvgIpc) is 3.13. The van der Waals surface area contributed by atoms with Gasteiger partial charge >= 0.3 is 12.1 Å². The number of thiophene rings is 1. The molecule has 178 valence electrons. The highest BCUT2D eigenvalue weighted by Crippen LogP contribution is 2.35. The summed E-state index contributed by atoms with van der Waals surface area (Å²) in [6, 6.07) is 13.6. The summed E-state index contributed by atoms with van der Waals surface area (Å²) >= 11 is 0.850. The van der Waals surface area contributed by atoms with Crippen LogP contribution in [0.25, 0.3) is 0 Å². The van der Waals surface area contributed by atoms with Crippen molar-refractivity contribution in [2.45, 2.75) is 25.9 Å². The number of hydrogen-bond acceptors (Lipinski definition) is 5. The Morgan fingerprint density at radius 1 is 1.00 bits per heavy atom. The van der Waals surface area contributed by atoms with Gasteiger partial charge in [0.05, 0.1) is 23.1 Å². The number of halogens is 3. The monoisotopic (exact) mass is 490 g/mol. The highest BCUT2D eigenvalue weighted by Gasteiger charge is 2.31. The number of benzene rings is 2. The van der Waals surface area contributed by atoms with Crippen molar-refractivity contribution < 1.29 is 32.3 Å². The summed E-state index contributed by atoms with van der Waals surface area (Å²) in [4.78, 5) is 37.7. The lowest BCUT2D eigenvalue weighted by Crippen LogP contribution is -2.15. The first kappa shape index (κ1) is 25.0. The maximum Gasteiger partial charge on any atom is 0.416 e. The van der Waals surface area contributed by atoms with Crippen LogP contribution >= 0.6 is 11.3 Å². The van der Waals surface area contributed by atoms with E-state index in [1.807, 2.05) is 30.3 Å². The molecule has 6 nitrogen and oxygen atoms in total. The van der Waals surface area contributed by atoms with Crippen LogP contribution in [0.1, 0.15) is 43.1 Å². The number of carbonyl (C=O) groups excluding carboxylic acids is 3. The molecule has 3 rings (SSSR count). The molecule has 10 heteroatoms. The van der Waals surface area contributed by atoms with Crippen LogP contribution in [0.2, 0.25) is 0 Å². The normalized spacial score (nSPS) is 11.1. The number of anilines is 2. The summed E-state index contributed by atoms with van der Waals surface area (Å²) in [6.07, 6.45) is -3.93. The Balaban J connectivity index is 1.81. The van der Waals surface area contributed by atoms with Crippen molar-refractivity contribution in [3.63, 3.8) is 0 Å². The fraction of sp³-hybridized carbons (Fsp3) is 0.208.